The van der Waals surface area contributed by atoms with E-state index in [4.69, 9.17) is 5.26 Å². The Morgan fingerprint density at radius 2 is 1.92 bits per heavy atom. The van der Waals surface area contributed by atoms with E-state index >= 15 is 0 Å². The van der Waals surface area contributed by atoms with Gasteiger partial charge in [0.15, 0.2) is 0 Å². The summed E-state index contributed by atoms with van der Waals surface area (Å²) in [6.45, 7) is 4.32. The molecular weight excluding hydrogens is 166 g/mol. The van der Waals surface area contributed by atoms with Crippen LogP contribution >= 0.6 is 11.8 Å². The summed E-state index contributed by atoms with van der Waals surface area (Å²) in [7, 11) is 0. The Balaban J connectivity index is 2.47. The highest BCUT2D eigenvalue weighted by atomic mass is 32.2. The largest absolute Gasteiger partial charge is 0.198 e. The zero-order valence-corrected chi connectivity index (χ0v) is 8.73. The van der Waals surface area contributed by atoms with Crippen molar-refractivity contribution in [2.24, 2.45) is 17.8 Å². The van der Waals surface area contributed by atoms with Crippen molar-refractivity contribution < 1.29 is 0 Å². The topological polar surface area (TPSA) is 23.8 Å². The van der Waals surface area contributed by atoms with Gasteiger partial charge in [-0.05, 0) is 36.2 Å². The maximum Gasteiger partial charge on any atom is 0.0661 e. The first kappa shape index (κ1) is 9.92. The van der Waals surface area contributed by atoms with E-state index in [1.54, 1.807) is 0 Å². The molecule has 0 aromatic heterocycles. The molecular formula is C10H17NS. The molecule has 68 valence electrons. The standard InChI is InChI=1S/C10H17NS/c1-8(2)10(7-11)9-3-5-12-6-4-9/h8-10H,3-6H2,1-2H3. The van der Waals surface area contributed by atoms with Crippen LogP contribution in [0, 0.1) is 29.1 Å². The quantitative estimate of drug-likeness (QED) is 0.657. The number of hydrogen-bond acceptors (Lipinski definition) is 2. The van der Waals surface area contributed by atoms with Crippen LogP contribution in [-0.2, 0) is 0 Å². The monoisotopic (exact) mass is 183 g/mol. The van der Waals surface area contributed by atoms with Crippen LogP contribution in [0.3, 0.4) is 0 Å². The average Bonchev–Trinajstić information content (AvgIpc) is 2.07. The Bertz CT molecular complexity index is 165. The fraction of sp³-hybridized carbons (Fsp3) is 0.900. The molecule has 12 heavy (non-hydrogen) atoms. The number of nitriles is 1. The second-order valence-electron chi connectivity index (χ2n) is 3.85. The molecule has 0 amide bonds. The number of nitrogens with zero attached hydrogens (tertiary/aromatic N) is 1. The minimum atomic E-state index is 0.297. The summed E-state index contributed by atoms with van der Waals surface area (Å²) in [6.07, 6.45) is 2.50. The molecule has 1 atom stereocenters. The molecule has 0 aromatic carbocycles. The second kappa shape index (κ2) is 4.77. The number of rotatable bonds is 2. The van der Waals surface area contributed by atoms with Gasteiger partial charge in [-0.25, -0.2) is 0 Å². The van der Waals surface area contributed by atoms with Crippen LogP contribution in [0.1, 0.15) is 26.7 Å². The minimum absolute atomic E-state index is 0.297. The summed E-state index contributed by atoms with van der Waals surface area (Å²) < 4.78 is 0. The molecule has 0 saturated carbocycles. The molecule has 1 aliphatic heterocycles. The highest BCUT2D eigenvalue weighted by molar-refractivity contribution is 7.99. The predicted molar refractivity (Wildman–Crippen MR) is 54.0 cm³/mol. The van der Waals surface area contributed by atoms with Crippen molar-refractivity contribution in [1.29, 1.82) is 5.26 Å². The first-order chi connectivity index (χ1) is 5.75. The molecule has 1 unspecified atom stereocenters. The summed E-state index contributed by atoms with van der Waals surface area (Å²) in [4.78, 5) is 0. The average molecular weight is 183 g/mol. The lowest BCUT2D eigenvalue weighted by Crippen LogP contribution is -2.22. The first-order valence-electron chi connectivity index (χ1n) is 4.73. The highest BCUT2D eigenvalue weighted by Gasteiger charge is 2.25. The van der Waals surface area contributed by atoms with Gasteiger partial charge in [0.2, 0.25) is 0 Å². The Morgan fingerprint density at radius 1 is 1.33 bits per heavy atom. The molecule has 0 N–H and O–H groups in total. The van der Waals surface area contributed by atoms with Gasteiger partial charge >= 0.3 is 0 Å². The molecule has 1 rings (SSSR count). The van der Waals surface area contributed by atoms with Crippen LogP contribution in [0.2, 0.25) is 0 Å². The van der Waals surface area contributed by atoms with E-state index in [0.717, 1.165) is 0 Å². The van der Waals surface area contributed by atoms with E-state index in [9.17, 15) is 0 Å². The Morgan fingerprint density at radius 3 is 2.33 bits per heavy atom. The fourth-order valence-electron chi connectivity index (χ4n) is 1.87. The maximum absolute atomic E-state index is 8.99. The van der Waals surface area contributed by atoms with Gasteiger partial charge in [-0.15, -0.1) is 0 Å². The zero-order chi connectivity index (χ0) is 8.97. The molecule has 1 nitrogen and oxygen atoms in total. The highest BCUT2D eigenvalue weighted by Crippen LogP contribution is 2.32. The van der Waals surface area contributed by atoms with Gasteiger partial charge in [0.05, 0.1) is 12.0 Å². The third kappa shape index (κ3) is 2.42. The van der Waals surface area contributed by atoms with Crippen molar-refractivity contribution in [3.63, 3.8) is 0 Å². The Labute approximate surface area is 79.5 Å². The van der Waals surface area contributed by atoms with Crippen molar-refractivity contribution in [3.8, 4) is 6.07 Å². The van der Waals surface area contributed by atoms with Crippen LogP contribution < -0.4 is 0 Å². The van der Waals surface area contributed by atoms with Crippen LogP contribution in [0.25, 0.3) is 0 Å². The lowest BCUT2D eigenvalue weighted by Gasteiger charge is -2.27. The third-order valence-electron chi connectivity index (χ3n) is 2.64. The van der Waals surface area contributed by atoms with Gasteiger partial charge in [-0.3, -0.25) is 0 Å². The molecule has 0 spiro atoms. The number of hydrogen-bond donors (Lipinski definition) is 0. The van der Waals surface area contributed by atoms with Gasteiger partial charge in [0.25, 0.3) is 0 Å². The third-order valence-corrected chi connectivity index (χ3v) is 3.69. The SMILES string of the molecule is CC(C)C(C#N)C1CCSCC1. The Kier molecular flexibility index (Phi) is 3.94. The lowest BCUT2D eigenvalue weighted by molar-refractivity contribution is 0.302. The van der Waals surface area contributed by atoms with Crippen molar-refractivity contribution in [1.82, 2.24) is 0 Å². The van der Waals surface area contributed by atoms with Gasteiger partial charge in [0.1, 0.15) is 0 Å². The molecule has 1 heterocycles. The number of thioether (sulfide) groups is 1. The van der Waals surface area contributed by atoms with E-state index in [2.05, 4.69) is 19.9 Å². The van der Waals surface area contributed by atoms with Crippen molar-refractivity contribution in [3.05, 3.63) is 0 Å². The van der Waals surface area contributed by atoms with Crippen LogP contribution in [-0.4, -0.2) is 11.5 Å². The van der Waals surface area contributed by atoms with Gasteiger partial charge in [-0.2, -0.15) is 17.0 Å². The van der Waals surface area contributed by atoms with Crippen LogP contribution in [0.5, 0.6) is 0 Å². The van der Waals surface area contributed by atoms with E-state index in [-0.39, 0.29) is 0 Å². The summed E-state index contributed by atoms with van der Waals surface area (Å²) in [5.74, 6) is 4.02. The molecule has 0 bridgehead atoms. The Hall–Kier alpha value is -0.160. The first-order valence-corrected chi connectivity index (χ1v) is 5.88. The van der Waals surface area contributed by atoms with Gasteiger partial charge in [-0.1, -0.05) is 13.8 Å². The molecule has 2 heteroatoms. The maximum atomic E-state index is 8.99. The van der Waals surface area contributed by atoms with Gasteiger partial charge in [0, 0.05) is 0 Å². The molecule has 0 aromatic rings. The summed E-state index contributed by atoms with van der Waals surface area (Å²) >= 11 is 2.03. The van der Waals surface area contributed by atoms with Crippen molar-refractivity contribution in [2.75, 3.05) is 11.5 Å². The van der Waals surface area contributed by atoms with Crippen LogP contribution in [0.4, 0.5) is 0 Å². The van der Waals surface area contributed by atoms with E-state index in [1.807, 2.05) is 11.8 Å². The molecule has 1 aliphatic rings. The van der Waals surface area contributed by atoms with E-state index in [0.29, 0.717) is 17.8 Å². The minimum Gasteiger partial charge on any atom is -0.198 e. The van der Waals surface area contributed by atoms with Crippen molar-refractivity contribution in [2.45, 2.75) is 26.7 Å². The van der Waals surface area contributed by atoms with Gasteiger partial charge < -0.3 is 0 Å². The lowest BCUT2D eigenvalue weighted by atomic mass is 9.81. The fourth-order valence-corrected chi connectivity index (χ4v) is 3.02. The normalized spacial score (nSPS) is 22.2. The van der Waals surface area contributed by atoms with Crippen LogP contribution in [0.15, 0.2) is 0 Å². The molecule has 1 saturated heterocycles. The summed E-state index contributed by atoms with van der Waals surface area (Å²) in [5.41, 5.74) is 0. The second-order valence-corrected chi connectivity index (χ2v) is 5.07. The zero-order valence-electron chi connectivity index (χ0n) is 7.92. The molecule has 0 radical (unpaired) electrons. The molecule has 1 fully saturated rings. The van der Waals surface area contributed by atoms with E-state index in [1.165, 1.54) is 24.3 Å². The summed E-state index contributed by atoms with van der Waals surface area (Å²) in [6, 6.07) is 2.46. The smallest absolute Gasteiger partial charge is 0.0661 e. The molecule has 0 aliphatic carbocycles. The predicted octanol–water partition coefficient (Wildman–Crippen LogP) is 2.93. The van der Waals surface area contributed by atoms with E-state index < -0.39 is 0 Å². The summed E-state index contributed by atoms with van der Waals surface area (Å²) in [5, 5.41) is 8.99. The van der Waals surface area contributed by atoms with Crippen molar-refractivity contribution >= 4 is 11.8 Å².